The number of rotatable bonds is 6. The van der Waals surface area contributed by atoms with Crippen LogP contribution in [0.5, 0.6) is 0 Å². The normalized spacial score (nSPS) is 10.2. The number of hydrogen-bond acceptors (Lipinski definition) is 7. The van der Waals surface area contributed by atoms with Crippen LogP contribution in [0, 0.1) is 10.1 Å². The monoisotopic (exact) mass is 349 g/mol. The number of amides is 1. The fraction of sp³-hybridized carbons (Fsp3) is 0.308. The number of anilines is 1. The third-order valence-corrected chi connectivity index (χ3v) is 3.17. The second-order valence-electron chi connectivity index (χ2n) is 4.75. The number of nitro groups is 1. The zero-order valence-corrected chi connectivity index (χ0v) is 13.6. The SMILES string of the molecule is CCCCn1nnc(NC(=S)NC(=O)c2ccccc2[N+](=O)[O-])n1. The van der Waals surface area contributed by atoms with Gasteiger partial charge in [0.15, 0.2) is 5.11 Å². The molecule has 0 aliphatic rings. The molecule has 0 saturated carbocycles. The van der Waals surface area contributed by atoms with E-state index in [0.29, 0.717) is 6.54 Å². The molecule has 2 aromatic rings. The van der Waals surface area contributed by atoms with Gasteiger partial charge in [0.2, 0.25) is 0 Å². The van der Waals surface area contributed by atoms with Crippen LogP contribution in [-0.4, -0.2) is 36.2 Å². The van der Waals surface area contributed by atoms with Gasteiger partial charge in [-0.25, -0.2) is 0 Å². The summed E-state index contributed by atoms with van der Waals surface area (Å²) in [6, 6.07) is 5.59. The Bertz CT molecular complexity index is 762. The van der Waals surface area contributed by atoms with Gasteiger partial charge in [0, 0.05) is 6.07 Å². The zero-order chi connectivity index (χ0) is 17.5. The number of hydrogen-bond donors (Lipinski definition) is 2. The molecule has 0 atom stereocenters. The van der Waals surface area contributed by atoms with Gasteiger partial charge in [0.1, 0.15) is 5.56 Å². The largest absolute Gasteiger partial charge is 0.298 e. The van der Waals surface area contributed by atoms with Gasteiger partial charge in [-0.15, -0.1) is 5.10 Å². The lowest BCUT2D eigenvalue weighted by molar-refractivity contribution is -0.385. The highest BCUT2D eigenvalue weighted by molar-refractivity contribution is 7.80. The molecule has 10 nitrogen and oxygen atoms in total. The maximum atomic E-state index is 12.1. The number of para-hydroxylation sites is 1. The number of unbranched alkanes of at least 4 members (excludes halogenated alkanes) is 1. The van der Waals surface area contributed by atoms with Crippen LogP contribution in [0.25, 0.3) is 0 Å². The van der Waals surface area contributed by atoms with E-state index in [-0.39, 0.29) is 22.3 Å². The molecule has 24 heavy (non-hydrogen) atoms. The van der Waals surface area contributed by atoms with Crippen molar-refractivity contribution in [3.63, 3.8) is 0 Å². The maximum absolute atomic E-state index is 12.1. The molecule has 0 unspecified atom stereocenters. The summed E-state index contributed by atoms with van der Waals surface area (Å²) < 4.78 is 0. The van der Waals surface area contributed by atoms with Crippen molar-refractivity contribution in [3.05, 3.63) is 39.9 Å². The molecule has 0 aliphatic carbocycles. The van der Waals surface area contributed by atoms with Crippen LogP contribution in [0.15, 0.2) is 24.3 Å². The number of aryl methyl sites for hydroxylation is 1. The minimum Gasteiger partial charge on any atom is -0.298 e. The van der Waals surface area contributed by atoms with Gasteiger partial charge in [0.05, 0.1) is 11.5 Å². The first-order valence-corrected chi connectivity index (χ1v) is 7.55. The van der Waals surface area contributed by atoms with E-state index < -0.39 is 10.8 Å². The number of thiocarbonyl (C=S) groups is 1. The van der Waals surface area contributed by atoms with Gasteiger partial charge >= 0.3 is 0 Å². The van der Waals surface area contributed by atoms with E-state index in [9.17, 15) is 14.9 Å². The van der Waals surface area contributed by atoms with Crippen molar-refractivity contribution in [2.24, 2.45) is 0 Å². The summed E-state index contributed by atoms with van der Waals surface area (Å²) in [4.78, 5) is 23.8. The molecule has 1 aromatic heterocycles. The third kappa shape index (κ3) is 4.52. The van der Waals surface area contributed by atoms with E-state index in [4.69, 9.17) is 12.2 Å². The van der Waals surface area contributed by atoms with Crippen LogP contribution >= 0.6 is 12.2 Å². The predicted octanol–water partition coefficient (Wildman–Crippen LogP) is 1.51. The van der Waals surface area contributed by atoms with E-state index in [1.54, 1.807) is 0 Å². The van der Waals surface area contributed by atoms with Gasteiger partial charge < -0.3 is 0 Å². The summed E-state index contributed by atoms with van der Waals surface area (Å²) in [6.45, 7) is 2.67. The molecule has 1 heterocycles. The van der Waals surface area contributed by atoms with Crippen molar-refractivity contribution in [1.29, 1.82) is 0 Å². The highest BCUT2D eigenvalue weighted by atomic mass is 32.1. The summed E-state index contributed by atoms with van der Waals surface area (Å²) in [5.74, 6) is -0.558. The molecule has 0 radical (unpaired) electrons. The van der Waals surface area contributed by atoms with Gasteiger partial charge in [-0.05, 0) is 29.9 Å². The fourth-order valence-corrected chi connectivity index (χ4v) is 2.00. The molecule has 0 spiro atoms. The molecule has 0 saturated heterocycles. The molecule has 2 N–H and O–H groups in total. The first kappa shape index (κ1) is 17.4. The maximum Gasteiger partial charge on any atom is 0.282 e. The van der Waals surface area contributed by atoms with Crippen molar-refractivity contribution < 1.29 is 9.72 Å². The Morgan fingerprint density at radius 1 is 1.42 bits per heavy atom. The molecule has 2 rings (SSSR count). The zero-order valence-electron chi connectivity index (χ0n) is 12.8. The molecular formula is C13H15N7O3S. The van der Waals surface area contributed by atoms with Gasteiger partial charge in [-0.2, -0.15) is 4.80 Å². The molecule has 0 bridgehead atoms. The average Bonchev–Trinajstić information content (AvgIpc) is 2.99. The minimum atomic E-state index is -0.696. The van der Waals surface area contributed by atoms with E-state index >= 15 is 0 Å². The number of nitrogens with zero attached hydrogens (tertiary/aromatic N) is 5. The van der Waals surface area contributed by atoms with Gasteiger partial charge in [-0.3, -0.25) is 25.5 Å². The summed E-state index contributed by atoms with van der Waals surface area (Å²) in [5, 5.41) is 27.5. The van der Waals surface area contributed by atoms with Crippen LogP contribution in [0.2, 0.25) is 0 Å². The highest BCUT2D eigenvalue weighted by Gasteiger charge is 2.20. The number of tetrazole rings is 1. The van der Waals surface area contributed by atoms with Crippen LogP contribution in [-0.2, 0) is 6.54 Å². The van der Waals surface area contributed by atoms with Crippen molar-refractivity contribution in [3.8, 4) is 0 Å². The van der Waals surface area contributed by atoms with Crippen molar-refractivity contribution in [1.82, 2.24) is 25.5 Å². The Balaban J connectivity index is 1.98. The van der Waals surface area contributed by atoms with Crippen LogP contribution < -0.4 is 10.6 Å². The number of carbonyl (C=O) groups is 1. The van der Waals surface area contributed by atoms with Crippen LogP contribution in [0.4, 0.5) is 11.6 Å². The molecule has 126 valence electrons. The minimum absolute atomic E-state index is 0.0757. The molecule has 11 heteroatoms. The average molecular weight is 349 g/mol. The van der Waals surface area contributed by atoms with Crippen molar-refractivity contribution in [2.75, 3.05) is 5.32 Å². The second kappa shape index (κ2) is 8.06. The summed E-state index contributed by atoms with van der Waals surface area (Å²) in [5.41, 5.74) is -0.396. The van der Waals surface area contributed by atoms with E-state index in [1.807, 2.05) is 6.92 Å². The number of benzene rings is 1. The number of nitrogens with one attached hydrogen (secondary N) is 2. The first-order valence-electron chi connectivity index (χ1n) is 7.14. The Labute approximate surface area is 142 Å². The molecule has 0 aliphatic heterocycles. The van der Waals surface area contributed by atoms with Crippen LogP contribution in [0.3, 0.4) is 0 Å². The number of nitro benzene ring substituents is 1. The van der Waals surface area contributed by atoms with Gasteiger partial charge in [0.25, 0.3) is 17.5 Å². The van der Waals surface area contributed by atoms with Gasteiger partial charge in [-0.1, -0.05) is 30.6 Å². The fourth-order valence-electron chi connectivity index (χ4n) is 1.82. The molecular weight excluding hydrogens is 334 g/mol. The standard InChI is InChI=1S/C13H15N7O3S/c1-2-3-8-19-17-12(16-18-19)15-13(24)14-11(21)9-6-4-5-7-10(9)20(22)23/h4-7H,2-3,8H2,1H3,(H2,14,15,17,21,24). The Morgan fingerprint density at radius 2 is 2.17 bits per heavy atom. The Hall–Kier alpha value is -2.95. The van der Waals surface area contributed by atoms with E-state index in [2.05, 4.69) is 26.0 Å². The number of aromatic nitrogens is 4. The summed E-state index contributed by atoms with van der Waals surface area (Å²) >= 11 is 4.99. The lowest BCUT2D eigenvalue weighted by Crippen LogP contribution is -2.34. The summed E-state index contributed by atoms with van der Waals surface area (Å²) in [7, 11) is 0. The molecule has 0 fully saturated rings. The number of carbonyl (C=O) groups excluding carboxylic acids is 1. The Kier molecular flexibility index (Phi) is 5.84. The lowest BCUT2D eigenvalue weighted by Gasteiger charge is -2.06. The Morgan fingerprint density at radius 3 is 2.88 bits per heavy atom. The molecule has 1 aromatic carbocycles. The smallest absolute Gasteiger partial charge is 0.282 e. The summed E-state index contributed by atoms with van der Waals surface area (Å²) in [6.07, 6.45) is 1.91. The van der Waals surface area contributed by atoms with Crippen molar-refractivity contribution >= 4 is 34.9 Å². The van der Waals surface area contributed by atoms with E-state index in [1.165, 1.54) is 29.1 Å². The first-order chi connectivity index (χ1) is 11.5. The highest BCUT2D eigenvalue weighted by Crippen LogP contribution is 2.17. The topological polar surface area (TPSA) is 128 Å². The quantitative estimate of drug-likeness (QED) is 0.456. The predicted molar refractivity (Wildman–Crippen MR) is 89.5 cm³/mol. The van der Waals surface area contributed by atoms with E-state index in [0.717, 1.165) is 12.8 Å². The van der Waals surface area contributed by atoms with Crippen molar-refractivity contribution in [2.45, 2.75) is 26.3 Å². The third-order valence-electron chi connectivity index (χ3n) is 2.96. The molecule has 1 amide bonds. The lowest BCUT2D eigenvalue weighted by atomic mass is 10.1. The second-order valence-corrected chi connectivity index (χ2v) is 5.15. The van der Waals surface area contributed by atoms with Crippen LogP contribution in [0.1, 0.15) is 30.1 Å².